The first-order valence-electron chi connectivity index (χ1n) is 9.73. The fourth-order valence-electron chi connectivity index (χ4n) is 4.69. The van der Waals surface area contributed by atoms with Gasteiger partial charge >= 0.3 is 0 Å². The molecule has 2 fully saturated rings. The van der Waals surface area contributed by atoms with E-state index in [2.05, 4.69) is 23.2 Å². The third-order valence-corrected chi connectivity index (χ3v) is 6.25. The highest BCUT2D eigenvalue weighted by atomic mass is 16.2. The van der Waals surface area contributed by atoms with Gasteiger partial charge in [0.1, 0.15) is 0 Å². The Kier molecular flexibility index (Phi) is 3.65. The summed E-state index contributed by atoms with van der Waals surface area (Å²) < 4.78 is 0. The van der Waals surface area contributed by atoms with Crippen LogP contribution >= 0.6 is 0 Å². The highest BCUT2D eigenvalue weighted by molar-refractivity contribution is 6.10. The Labute approximate surface area is 159 Å². The number of hydrogen-bond donors (Lipinski definition) is 2. The van der Waals surface area contributed by atoms with E-state index in [1.807, 2.05) is 35.4 Å². The van der Waals surface area contributed by atoms with Gasteiger partial charge in [0.15, 0.2) is 0 Å². The summed E-state index contributed by atoms with van der Waals surface area (Å²) in [4.78, 5) is 22.5. The zero-order valence-corrected chi connectivity index (χ0v) is 15.6. The first-order chi connectivity index (χ1) is 13.1. The van der Waals surface area contributed by atoms with Gasteiger partial charge in [0.05, 0.1) is 35.7 Å². The van der Waals surface area contributed by atoms with E-state index < -0.39 is 5.41 Å². The highest BCUT2D eigenvalue weighted by Gasteiger charge is 2.56. The maximum absolute atomic E-state index is 13.5. The van der Waals surface area contributed by atoms with E-state index in [0.717, 1.165) is 60.8 Å². The molecule has 1 amide bonds. The lowest BCUT2D eigenvalue weighted by atomic mass is 9.67. The number of hydrogen-bond acceptors (Lipinski definition) is 5. The lowest BCUT2D eigenvalue weighted by molar-refractivity contribution is -0.126. The van der Waals surface area contributed by atoms with Gasteiger partial charge in [-0.05, 0) is 43.5 Å². The van der Waals surface area contributed by atoms with E-state index in [0.29, 0.717) is 12.6 Å². The molecule has 27 heavy (non-hydrogen) atoms. The van der Waals surface area contributed by atoms with Crippen LogP contribution in [0.3, 0.4) is 0 Å². The Balaban J connectivity index is 1.60. The summed E-state index contributed by atoms with van der Waals surface area (Å²) in [6, 6.07) is 10.3. The molecular formula is C21H25N5O. The SMILES string of the molecule is CC1CN(c2ccnc3c2N(Cc2cccc(N)c2)C(=O)C32CCC2)CN1. The second-order valence-electron chi connectivity index (χ2n) is 8.08. The Morgan fingerprint density at radius 3 is 2.85 bits per heavy atom. The minimum absolute atomic E-state index is 0.200. The summed E-state index contributed by atoms with van der Waals surface area (Å²) in [7, 11) is 0. The fourth-order valence-corrected chi connectivity index (χ4v) is 4.69. The summed E-state index contributed by atoms with van der Waals surface area (Å²) in [5.74, 6) is 0.200. The van der Waals surface area contributed by atoms with Gasteiger partial charge in [0, 0.05) is 24.5 Å². The Bertz CT molecular complexity index is 907. The molecule has 1 aromatic heterocycles. The van der Waals surface area contributed by atoms with Gasteiger partial charge in [-0.2, -0.15) is 0 Å². The summed E-state index contributed by atoms with van der Waals surface area (Å²) in [6.45, 7) is 4.45. The van der Waals surface area contributed by atoms with Gasteiger partial charge in [0.2, 0.25) is 5.91 Å². The molecule has 1 atom stereocenters. The third kappa shape index (κ3) is 2.43. The number of fused-ring (bicyclic) bond motifs is 2. The predicted octanol–water partition coefficient (Wildman–Crippen LogP) is 2.39. The number of aromatic nitrogens is 1. The van der Waals surface area contributed by atoms with Crippen LogP contribution in [0, 0.1) is 0 Å². The van der Waals surface area contributed by atoms with Crippen LogP contribution in [0.25, 0.3) is 0 Å². The molecule has 2 aliphatic heterocycles. The first-order valence-corrected chi connectivity index (χ1v) is 9.73. The number of nitrogens with two attached hydrogens (primary N) is 1. The maximum Gasteiger partial charge on any atom is 0.239 e. The zero-order chi connectivity index (χ0) is 18.6. The van der Waals surface area contributed by atoms with E-state index in [1.54, 1.807) is 0 Å². The van der Waals surface area contributed by atoms with Crippen molar-refractivity contribution in [2.45, 2.75) is 44.2 Å². The van der Waals surface area contributed by atoms with Crippen LogP contribution in [0.15, 0.2) is 36.5 Å². The number of nitrogens with zero attached hydrogens (tertiary/aromatic N) is 3. The van der Waals surface area contributed by atoms with Crippen LogP contribution in [0.4, 0.5) is 17.1 Å². The van der Waals surface area contributed by atoms with Crippen molar-refractivity contribution in [3.8, 4) is 0 Å². The Morgan fingerprint density at radius 1 is 1.33 bits per heavy atom. The van der Waals surface area contributed by atoms with Crippen molar-refractivity contribution in [2.75, 3.05) is 28.7 Å². The number of carbonyl (C=O) groups excluding carboxylic acids is 1. The van der Waals surface area contributed by atoms with Crippen molar-refractivity contribution in [2.24, 2.45) is 0 Å². The van der Waals surface area contributed by atoms with Crippen LogP contribution < -0.4 is 20.9 Å². The number of amides is 1. The molecule has 3 aliphatic rings. The molecule has 6 nitrogen and oxygen atoms in total. The molecule has 1 unspecified atom stereocenters. The molecule has 1 spiro atoms. The number of rotatable bonds is 3. The Morgan fingerprint density at radius 2 is 2.19 bits per heavy atom. The van der Waals surface area contributed by atoms with Crippen molar-refractivity contribution < 1.29 is 4.79 Å². The van der Waals surface area contributed by atoms with Gasteiger partial charge in [-0.15, -0.1) is 0 Å². The highest BCUT2D eigenvalue weighted by Crippen LogP contribution is 2.55. The van der Waals surface area contributed by atoms with Crippen LogP contribution in [-0.4, -0.2) is 30.1 Å². The largest absolute Gasteiger partial charge is 0.399 e. The molecule has 3 N–H and O–H groups in total. The third-order valence-electron chi connectivity index (χ3n) is 6.25. The van der Waals surface area contributed by atoms with Crippen LogP contribution in [0.2, 0.25) is 0 Å². The molecule has 5 rings (SSSR count). The normalized spacial score (nSPS) is 23.0. The second kappa shape index (κ2) is 5.96. The van der Waals surface area contributed by atoms with E-state index in [9.17, 15) is 4.79 Å². The van der Waals surface area contributed by atoms with Crippen LogP contribution in [-0.2, 0) is 16.8 Å². The van der Waals surface area contributed by atoms with Crippen molar-refractivity contribution in [1.82, 2.24) is 10.3 Å². The minimum Gasteiger partial charge on any atom is -0.399 e. The summed E-state index contributed by atoms with van der Waals surface area (Å²) >= 11 is 0. The molecule has 1 saturated heterocycles. The predicted molar refractivity (Wildman–Crippen MR) is 107 cm³/mol. The number of carbonyl (C=O) groups is 1. The van der Waals surface area contributed by atoms with Crippen molar-refractivity contribution in [1.29, 1.82) is 0 Å². The molecule has 0 bridgehead atoms. The van der Waals surface area contributed by atoms with Gasteiger partial charge in [-0.25, -0.2) is 0 Å². The number of pyridine rings is 1. The zero-order valence-electron chi connectivity index (χ0n) is 15.6. The summed E-state index contributed by atoms with van der Waals surface area (Å²) in [5.41, 5.74) is 10.4. The number of anilines is 3. The molecule has 2 aromatic rings. The number of benzene rings is 1. The van der Waals surface area contributed by atoms with Gasteiger partial charge in [-0.1, -0.05) is 18.6 Å². The molecule has 0 radical (unpaired) electrons. The van der Waals surface area contributed by atoms with Crippen molar-refractivity contribution in [3.63, 3.8) is 0 Å². The fraction of sp³-hybridized carbons (Fsp3) is 0.429. The second-order valence-corrected chi connectivity index (χ2v) is 8.08. The van der Waals surface area contributed by atoms with Gasteiger partial charge < -0.3 is 15.5 Å². The maximum atomic E-state index is 13.5. The summed E-state index contributed by atoms with van der Waals surface area (Å²) in [6.07, 6.45) is 4.76. The average Bonchev–Trinajstić information content (AvgIpc) is 3.15. The topological polar surface area (TPSA) is 74.5 Å². The smallest absolute Gasteiger partial charge is 0.239 e. The molecule has 1 saturated carbocycles. The molecular weight excluding hydrogens is 338 g/mol. The number of nitrogen functional groups attached to an aromatic ring is 1. The standard InChI is InChI=1S/C21H25N5O/c1-14-11-25(13-24-14)17-6-9-23-19-18(17)26(20(27)21(19)7-3-8-21)12-15-4-2-5-16(22)10-15/h2,4-6,9-10,14,24H,3,7-8,11-13,22H2,1H3. The average molecular weight is 363 g/mol. The molecule has 6 heteroatoms. The Hall–Kier alpha value is -2.60. The molecule has 1 aliphatic carbocycles. The molecule has 1 aromatic carbocycles. The number of nitrogens with one attached hydrogen (secondary N) is 1. The van der Waals surface area contributed by atoms with E-state index in [-0.39, 0.29) is 5.91 Å². The van der Waals surface area contributed by atoms with Crippen molar-refractivity contribution in [3.05, 3.63) is 47.8 Å². The van der Waals surface area contributed by atoms with E-state index in [1.165, 1.54) is 0 Å². The quantitative estimate of drug-likeness (QED) is 0.819. The summed E-state index contributed by atoms with van der Waals surface area (Å²) in [5, 5.41) is 3.48. The lowest BCUT2D eigenvalue weighted by Gasteiger charge is -2.36. The van der Waals surface area contributed by atoms with Crippen LogP contribution in [0.1, 0.15) is 37.4 Å². The van der Waals surface area contributed by atoms with Crippen LogP contribution in [0.5, 0.6) is 0 Å². The van der Waals surface area contributed by atoms with E-state index in [4.69, 9.17) is 10.7 Å². The van der Waals surface area contributed by atoms with E-state index >= 15 is 0 Å². The minimum atomic E-state index is -0.412. The first kappa shape index (κ1) is 16.6. The van der Waals surface area contributed by atoms with Crippen molar-refractivity contribution >= 4 is 23.0 Å². The molecule has 140 valence electrons. The van der Waals surface area contributed by atoms with Gasteiger partial charge in [-0.3, -0.25) is 15.1 Å². The monoisotopic (exact) mass is 363 g/mol. The molecule has 3 heterocycles. The van der Waals surface area contributed by atoms with Gasteiger partial charge in [0.25, 0.3) is 0 Å². The lowest BCUT2D eigenvalue weighted by Crippen LogP contribution is -2.45.